The number of ether oxygens (including phenoxy) is 2. The zero-order valence-corrected chi connectivity index (χ0v) is 15.4. The Balaban J connectivity index is 1.40. The summed E-state index contributed by atoms with van der Waals surface area (Å²) in [6, 6.07) is 6.57. The van der Waals surface area contributed by atoms with Crippen LogP contribution >= 0.6 is 22.7 Å². The third-order valence-electron chi connectivity index (χ3n) is 3.75. The molecule has 136 valence electrons. The van der Waals surface area contributed by atoms with E-state index in [4.69, 9.17) is 9.47 Å². The lowest BCUT2D eigenvalue weighted by molar-refractivity contribution is -0.118. The Morgan fingerprint density at radius 3 is 2.96 bits per heavy atom. The number of rotatable bonds is 5. The van der Waals surface area contributed by atoms with Crippen LogP contribution in [0.15, 0.2) is 40.4 Å². The van der Waals surface area contributed by atoms with Crippen molar-refractivity contribution >= 4 is 46.0 Å². The first-order chi connectivity index (χ1) is 13.1. The van der Waals surface area contributed by atoms with Crippen molar-refractivity contribution in [2.75, 3.05) is 18.5 Å². The number of hydrogen-bond donors (Lipinski definition) is 1. The standard InChI is InChI=1S/C18H12N2O5S2/c21-14(10-1-2-15-12(5-10)19-16(22)7-24-15)6-25-18(23)13-9-27-17(20-13)11-3-4-26-8-11/h1-5,8-9H,6-7H2,(H,19,22). The van der Waals surface area contributed by atoms with Crippen LogP contribution in [0.1, 0.15) is 20.8 Å². The second kappa shape index (κ2) is 7.29. The number of esters is 1. The molecule has 0 unspecified atom stereocenters. The number of fused-ring (bicyclic) bond motifs is 1. The maximum atomic E-state index is 12.3. The number of anilines is 1. The minimum absolute atomic E-state index is 0.0566. The van der Waals surface area contributed by atoms with Gasteiger partial charge in [-0.1, -0.05) is 0 Å². The highest BCUT2D eigenvalue weighted by atomic mass is 32.1. The first-order valence-corrected chi connectivity index (χ1v) is 9.67. The van der Waals surface area contributed by atoms with Gasteiger partial charge in [-0.2, -0.15) is 11.3 Å². The number of aromatic nitrogens is 1. The zero-order valence-electron chi connectivity index (χ0n) is 13.8. The number of amides is 1. The SMILES string of the molecule is O=C1COc2ccc(C(=O)COC(=O)c3csc(-c4ccsc4)n3)cc2N1. The van der Waals surface area contributed by atoms with E-state index in [1.165, 1.54) is 17.4 Å². The predicted octanol–water partition coefficient (Wildman–Crippen LogP) is 3.24. The van der Waals surface area contributed by atoms with Crippen LogP contribution in [0.3, 0.4) is 0 Å². The average molecular weight is 400 g/mol. The van der Waals surface area contributed by atoms with Crippen LogP contribution in [-0.4, -0.2) is 35.9 Å². The number of benzene rings is 1. The summed E-state index contributed by atoms with van der Waals surface area (Å²) >= 11 is 2.88. The monoisotopic (exact) mass is 400 g/mol. The number of ketones is 1. The molecule has 2 aromatic heterocycles. The van der Waals surface area contributed by atoms with E-state index < -0.39 is 12.6 Å². The molecule has 0 spiro atoms. The van der Waals surface area contributed by atoms with Crippen molar-refractivity contribution in [3.8, 4) is 16.3 Å². The van der Waals surface area contributed by atoms with Crippen LogP contribution in [-0.2, 0) is 9.53 Å². The summed E-state index contributed by atoms with van der Waals surface area (Å²) in [5.74, 6) is -0.843. The molecule has 0 radical (unpaired) electrons. The molecule has 0 saturated heterocycles. The van der Waals surface area contributed by atoms with Crippen molar-refractivity contribution < 1.29 is 23.9 Å². The summed E-state index contributed by atoms with van der Waals surface area (Å²) in [4.78, 5) is 40.0. The van der Waals surface area contributed by atoms with Gasteiger partial charge in [0, 0.05) is 21.9 Å². The largest absolute Gasteiger partial charge is 0.482 e. The molecule has 0 aliphatic carbocycles. The molecular formula is C18H12N2O5S2. The first kappa shape index (κ1) is 17.4. The van der Waals surface area contributed by atoms with E-state index in [1.54, 1.807) is 28.8 Å². The second-order valence-corrected chi connectivity index (χ2v) is 7.24. The average Bonchev–Trinajstić information content (AvgIpc) is 3.36. The van der Waals surface area contributed by atoms with Crippen molar-refractivity contribution in [3.05, 3.63) is 51.7 Å². The predicted molar refractivity (Wildman–Crippen MR) is 101 cm³/mol. The number of carbonyl (C=O) groups is 3. The minimum atomic E-state index is -0.657. The van der Waals surface area contributed by atoms with E-state index in [0.717, 1.165) is 10.6 Å². The topological polar surface area (TPSA) is 94.6 Å². The van der Waals surface area contributed by atoms with Gasteiger partial charge in [-0.25, -0.2) is 9.78 Å². The van der Waals surface area contributed by atoms with Crippen molar-refractivity contribution in [3.63, 3.8) is 0 Å². The van der Waals surface area contributed by atoms with Crippen LogP contribution in [0.5, 0.6) is 5.75 Å². The summed E-state index contributed by atoms with van der Waals surface area (Å²) in [5, 5.41) is 8.83. The van der Waals surface area contributed by atoms with Gasteiger partial charge < -0.3 is 14.8 Å². The third kappa shape index (κ3) is 3.74. The fourth-order valence-electron chi connectivity index (χ4n) is 2.43. The van der Waals surface area contributed by atoms with Gasteiger partial charge in [0.15, 0.2) is 24.7 Å². The van der Waals surface area contributed by atoms with Gasteiger partial charge in [0.05, 0.1) is 5.69 Å². The molecule has 0 saturated carbocycles. The summed E-state index contributed by atoms with van der Waals surface area (Å²) in [6.07, 6.45) is 0. The highest BCUT2D eigenvalue weighted by Crippen LogP contribution is 2.29. The second-order valence-electron chi connectivity index (χ2n) is 5.60. The van der Waals surface area contributed by atoms with E-state index >= 15 is 0 Å². The molecule has 1 amide bonds. The number of nitrogens with one attached hydrogen (secondary N) is 1. The molecule has 1 aromatic carbocycles. The van der Waals surface area contributed by atoms with Gasteiger partial charge in [-0.3, -0.25) is 9.59 Å². The van der Waals surface area contributed by atoms with Crippen LogP contribution in [0.25, 0.3) is 10.6 Å². The Hall–Kier alpha value is -3.04. The lowest BCUT2D eigenvalue weighted by Gasteiger charge is -2.18. The normalized spacial score (nSPS) is 12.7. The highest BCUT2D eigenvalue weighted by Gasteiger charge is 2.19. The van der Waals surface area contributed by atoms with E-state index in [9.17, 15) is 14.4 Å². The Morgan fingerprint density at radius 1 is 1.26 bits per heavy atom. The molecule has 27 heavy (non-hydrogen) atoms. The summed E-state index contributed by atoms with van der Waals surface area (Å²) in [5.41, 5.74) is 1.84. The minimum Gasteiger partial charge on any atom is -0.482 e. The molecular weight excluding hydrogens is 388 g/mol. The van der Waals surface area contributed by atoms with Crippen LogP contribution in [0.4, 0.5) is 5.69 Å². The number of thiazole rings is 1. The van der Waals surface area contributed by atoms with E-state index in [1.807, 2.05) is 16.8 Å². The maximum absolute atomic E-state index is 12.3. The smallest absolute Gasteiger partial charge is 0.358 e. The Labute approximate surface area is 161 Å². The van der Waals surface area contributed by atoms with Crippen molar-refractivity contribution in [2.45, 2.75) is 0 Å². The number of nitrogens with zero attached hydrogens (tertiary/aromatic N) is 1. The Bertz CT molecular complexity index is 1030. The molecule has 7 nitrogen and oxygen atoms in total. The summed E-state index contributed by atoms with van der Waals surface area (Å²) in [7, 11) is 0. The molecule has 4 rings (SSSR count). The lowest BCUT2D eigenvalue weighted by atomic mass is 10.1. The summed E-state index contributed by atoms with van der Waals surface area (Å²) < 4.78 is 10.3. The maximum Gasteiger partial charge on any atom is 0.358 e. The van der Waals surface area contributed by atoms with E-state index in [-0.39, 0.29) is 24.0 Å². The molecule has 3 heterocycles. The quantitative estimate of drug-likeness (QED) is 0.522. The zero-order chi connectivity index (χ0) is 18.8. The van der Waals surface area contributed by atoms with Gasteiger partial charge in [0.25, 0.3) is 5.91 Å². The number of Topliss-reactive ketones (excluding diaryl/α,β-unsaturated/α-hetero) is 1. The van der Waals surface area contributed by atoms with Gasteiger partial charge in [0.1, 0.15) is 10.8 Å². The van der Waals surface area contributed by atoms with Crippen LogP contribution in [0, 0.1) is 0 Å². The molecule has 0 atom stereocenters. The van der Waals surface area contributed by atoms with Crippen LogP contribution in [0.2, 0.25) is 0 Å². The van der Waals surface area contributed by atoms with Crippen LogP contribution < -0.4 is 10.1 Å². The fourth-order valence-corrected chi connectivity index (χ4v) is 3.93. The van der Waals surface area contributed by atoms with E-state index in [2.05, 4.69) is 10.3 Å². The molecule has 3 aromatic rings. The molecule has 0 bridgehead atoms. The van der Waals surface area contributed by atoms with Crippen molar-refractivity contribution in [1.82, 2.24) is 4.98 Å². The Kier molecular flexibility index (Phi) is 4.69. The number of thiophene rings is 1. The van der Waals surface area contributed by atoms with Crippen molar-refractivity contribution in [2.24, 2.45) is 0 Å². The third-order valence-corrected chi connectivity index (χ3v) is 5.32. The molecule has 9 heteroatoms. The number of hydrogen-bond acceptors (Lipinski definition) is 8. The first-order valence-electron chi connectivity index (χ1n) is 7.85. The molecule has 0 fully saturated rings. The summed E-state index contributed by atoms with van der Waals surface area (Å²) in [6.45, 7) is -0.476. The number of carbonyl (C=O) groups excluding carboxylic acids is 3. The van der Waals surface area contributed by atoms with E-state index in [0.29, 0.717) is 17.0 Å². The molecule has 1 aliphatic rings. The molecule has 1 aliphatic heterocycles. The molecule has 1 N–H and O–H groups in total. The van der Waals surface area contributed by atoms with Gasteiger partial charge in [-0.15, -0.1) is 11.3 Å². The highest BCUT2D eigenvalue weighted by molar-refractivity contribution is 7.14. The van der Waals surface area contributed by atoms with Gasteiger partial charge >= 0.3 is 5.97 Å². The lowest BCUT2D eigenvalue weighted by Crippen LogP contribution is -2.25. The fraction of sp³-hybridized carbons (Fsp3) is 0.111. The Morgan fingerprint density at radius 2 is 2.15 bits per heavy atom. The van der Waals surface area contributed by atoms with Gasteiger partial charge in [-0.05, 0) is 29.6 Å². The van der Waals surface area contributed by atoms with Crippen molar-refractivity contribution in [1.29, 1.82) is 0 Å². The van der Waals surface area contributed by atoms with Gasteiger partial charge in [0.2, 0.25) is 0 Å².